The highest BCUT2D eigenvalue weighted by atomic mass is 32.2. The first kappa shape index (κ1) is 18.8. The van der Waals surface area contributed by atoms with E-state index < -0.39 is 9.84 Å². The average Bonchev–Trinajstić information content (AvgIpc) is 3.15. The van der Waals surface area contributed by atoms with Gasteiger partial charge in [-0.2, -0.15) is 0 Å². The van der Waals surface area contributed by atoms with Gasteiger partial charge in [0.2, 0.25) is 0 Å². The number of amides is 1. The molecule has 0 aromatic heterocycles. The number of aliphatic imine (C=N–C) groups is 1. The molecule has 0 radical (unpaired) electrons. The Bertz CT molecular complexity index is 1040. The SMILES string of the molecule is COc1cccc(NC(=O)c2ccc(NC3=NC4CS(=O)(=O)CC4S3)cc2)c1. The first-order chi connectivity index (χ1) is 13.4. The van der Waals surface area contributed by atoms with Gasteiger partial charge < -0.3 is 15.4 Å². The van der Waals surface area contributed by atoms with Crippen molar-refractivity contribution in [2.45, 2.75) is 11.3 Å². The Hall–Kier alpha value is -2.52. The summed E-state index contributed by atoms with van der Waals surface area (Å²) in [4.78, 5) is 16.9. The monoisotopic (exact) mass is 417 g/mol. The summed E-state index contributed by atoms with van der Waals surface area (Å²) in [5, 5.41) is 6.75. The van der Waals surface area contributed by atoms with E-state index in [1.165, 1.54) is 11.8 Å². The predicted molar refractivity (Wildman–Crippen MR) is 112 cm³/mol. The lowest BCUT2D eigenvalue weighted by atomic mass is 10.2. The van der Waals surface area contributed by atoms with Crippen LogP contribution in [0.15, 0.2) is 53.5 Å². The second-order valence-corrected chi connectivity index (χ2v) is 10.0. The zero-order chi connectivity index (χ0) is 19.7. The van der Waals surface area contributed by atoms with Gasteiger partial charge in [-0.25, -0.2) is 8.42 Å². The number of carbonyl (C=O) groups is 1. The van der Waals surface area contributed by atoms with Crippen molar-refractivity contribution < 1.29 is 17.9 Å². The van der Waals surface area contributed by atoms with Crippen LogP contribution in [0.5, 0.6) is 5.75 Å². The third-order valence-electron chi connectivity index (χ3n) is 4.54. The number of nitrogens with zero attached hydrogens (tertiary/aromatic N) is 1. The number of carbonyl (C=O) groups excluding carboxylic acids is 1. The lowest BCUT2D eigenvalue weighted by Crippen LogP contribution is -2.13. The molecule has 1 fully saturated rings. The summed E-state index contributed by atoms with van der Waals surface area (Å²) in [6.45, 7) is 0. The van der Waals surface area contributed by atoms with Crippen LogP contribution in [0.2, 0.25) is 0 Å². The first-order valence-corrected chi connectivity index (χ1v) is 11.4. The molecule has 0 bridgehead atoms. The third kappa shape index (κ3) is 4.15. The van der Waals surface area contributed by atoms with Crippen molar-refractivity contribution in [3.63, 3.8) is 0 Å². The van der Waals surface area contributed by atoms with Crippen LogP contribution in [0.3, 0.4) is 0 Å². The third-order valence-corrected chi connectivity index (χ3v) is 7.69. The summed E-state index contributed by atoms with van der Waals surface area (Å²) in [6.07, 6.45) is 0. The quantitative estimate of drug-likeness (QED) is 0.794. The number of anilines is 2. The standard InChI is InChI=1S/C19H19N3O4S2/c1-26-15-4-2-3-14(9-15)20-18(23)12-5-7-13(8-6-12)21-19-22-16-10-28(24,25)11-17(16)27-19/h2-9,16-17H,10-11H2,1H3,(H,20,23)(H,21,22). The Labute approximate surface area is 167 Å². The van der Waals surface area contributed by atoms with Crippen molar-refractivity contribution in [3.8, 4) is 5.75 Å². The van der Waals surface area contributed by atoms with Gasteiger partial charge in [-0.05, 0) is 36.4 Å². The molecule has 2 aliphatic heterocycles. The molecule has 9 heteroatoms. The zero-order valence-corrected chi connectivity index (χ0v) is 16.7. The average molecular weight is 418 g/mol. The lowest BCUT2D eigenvalue weighted by Gasteiger charge is -2.09. The maximum absolute atomic E-state index is 12.4. The Morgan fingerprint density at radius 3 is 2.64 bits per heavy atom. The molecule has 28 heavy (non-hydrogen) atoms. The van der Waals surface area contributed by atoms with E-state index in [-0.39, 0.29) is 28.7 Å². The van der Waals surface area contributed by atoms with Gasteiger partial charge in [-0.15, -0.1) is 0 Å². The van der Waals surface area contributed by atoms with Crippen molar-refractivity contribution in [1.82, 2.24) is 0 Å². The molecule has 146 valence electrons. The van der Waals surface area contributed by atoms with Crippen LogP contribution in [0.1, 0.15) is 10.4 Å². The topological polar surface area (TPSA) is 96.9 Å². The zero-order valence-electron chi connectivity index (χ0n) is 15.1. The maximum Gasteiger partial charge on any atom is 0.255 e. The number of hydrogen-bond acceptors (Lipinski definition) is 7. The summed E-state index contributed by atoms with van der Waals surface area (Å²) in [5.41, 5.74) is 1.98. The molecule has 0 aliphatic carbocycles. The van der Waals surface area contributed by atoms with Gasteiger partial charge in [0.05, 0.1) is 24.7 Å². The minimum atomic E-state index is -2.96. The van der Waals surface area contributed by atoms with Crippen molar-refractivity contribution in [1.29, 1.82) is 0 Å². The number of methoxy groups -OCH3 is 1. The van der Waals surface area contributed by atoms with E-state index in [4.69, 9.17) is 4.74 Å². The molecule has 2 N–H and O–H groups in total. The van der Waals surface area contributed by atoms with E-state index >= 15 is 0 Å². The van der Waals surface area contributed by atoms with Crippen molar-refractivity contribution >= 4 is 44.0 Å². The van der Waals surface area contributed by atoms with Gasteiger partial charge in [0.1, 0.15) is 5.75 Å². The van der Waals surface area contributed by atoms with E-state index in [0.717, 1.165) is 10.9 Å². The fourth-order valence-electron chi connectivity index (χ4n) is 3.15. The number of fused-ring (bicyclic) bond motifs is 1. The highest BCUT2D eigenvalue weighted by Gasteiger charge is 2.42. The van der Waals surface area contributed by atoms with Crippen LogP contribution in [-0.4, -0.2) is 49.4 Å². The van der Waals surface area contributed by atoms with Gasteiger partial charge in [-0.1, -0.05) is 17.8 Å². The number of rotatable bonds is 4. The van der Waals surface area contributed by atoms with Gasteiger partial charge in [-0.3, -0.25) is 9.79 Å². The summed E-state index contributed by atoms with van der Waals surface area (Å²) < 4.78 is 28.4. The van der Waals surface area contributed by atoms with Crippen LogP contribution < -0.4 is 15.4 Å². The van der Waals surface area contributed by atoms with E-state index in [1.807, 2.05) is 12.1 Å². The van der Waals surface area contributed by atoms with Crippen LogP contribution in [0, 0.1) is 0 Å². The summed E-state index contributed by atoms with van der Waals surface area (Å²) >= 11 is 1.46. The number of benzene rings is 2. The molecule has 4 rings (SSSR count). The molecule has 1 amide bonds. The van der Waals surface area contributed by atoms with Crippen LogP contribution in [-0.2, 0) is 9.84 Å². The summed E-state index contributed by atoms with van der Waals surface area (Å²) in [7, 11) is -1.38. The van der Waals surface area contributed by atoms with Gasteiger partial charge >= 0.3 is 0 Å². The largest absolute Gasteiger partial charge is 0.497 e. The van der Waals surface area contributed by atoms with Gasteiger partial charge in [0.15, 0.2) is 15.0 Å². The van der Waals surface area contributed by atoms with E-state index in [1.54, 1.807) is 43.5 Å². The Kier molecular flexibility index (Phi) is 5.03. The van der Waals surface area contributed by atoms with Gasteiger partial charge in [0.25, 0.3) is 5.91 Å². The van der Waals surface area contributed by atoms with Gasteiger partial charge in [0, 0.05) is 28.3 Å². The highest BCUT2D eigenvalue weighted by Crippen LogP contribution is 2.34. The van der Waals surface area contributed by atoms with E-state index in [9.17, 15) is 13.2 Å². The summed E-state index contributed by atoms with van der Waals surface area (Å²) in [5.74, 6) is 0.761. The highest BCUT2D eigenvalue weighted by molar-refractivity contribution is 8.15. The van der Waals surface area contributed by atoms with Crippen LogP contribution in [0.25, 0.3) is 0 Å². The van der Waals surface area contributed by atoms with E-state index in [0.29, 0.717) is 17.0 Å². The van der Waals surface area contributed by atoms with Crippen LogP contribution in [0.4, 0.5) is 11.4 Å². The number of hydrogen-bond donors (Lipinski definition) is 2. The Balaban J connectivity index is 1.38. The van der Waals surface area contributed by atoms with Crippen molar-refractivity contribution in [3.05, 3.63) is 54.1 Å². The maximum atomic E-state index is 12.4. The smallest absolute Gasteiger partial charge is 0.255 e. The van der Waals surface area contributed by atoms with E-state index in [2.05, 4.69) is 15.6 Å². The fourth-order valence-corrected chi connectivity index (χ4v) is 6.82. The number of ether oxygens (including phenoxy) is 1. The molecule has 2 atom stereocenters. The Morgan fingerprint density at radius 2 is 1.93 bits per heavy atom. The minimum absolute atomic E-state index is 0.000384. The van der Waals surface area contributed by atoms with Crippen molar-refractivity contribution in [2.24, 2.45) is 4.99 Å². The number of amidine groups is 1. The second-order valence-electron chi connectivity index (χ2n) is 6.62. The lowest BCUT2D eigenvalue weighted by molar-refractivity contribution is 0.102. The van der Waals surface area contributed by atoms with Crippen LogP contribution >= 0.6 is 11.8 Å². The molecular formula is C19H19N3O4S2. The predicted octanol–water partition coefficient (Wildman–Crippen LogP) is 2.63. The molecule has 7 nitrogen and oxygen atoms in total. The molecule has 2 aliphatic rings. The molecule has 2 unspecified atom stereocenters. The number of sulfone groups is 1. The molecule has 2 heterocycles. The molecule has 0 spiro atoms. The fraction of sp³-hybridized carbons (Fsp3) is 0.263. The number of thioether (sulfide) groups is 1. The first-order valence-electron chi connectivity index (χ1n) is 8.69. The molecule has 2 aromatic carbocycles. The second kappa shape index (κ2) is 7.48. The summed E-state index contributed by atoms with van der Waals surface area (Å²) in [6, 6.07) is 14.1. The van der Waals surface area contributed by atoms with Crippen molar-refractivity contribution in [2.75, 3.05) is 29.2 Å². The molecular weight excluding hydrogens is 398 g/mol. The number of nitrogens with one attached hydrogen (secondary N) is 2. The minimum Gasteiger partial charge on any atom is -0.497 e. The molecule has 0 saturated carbocycles. The molecule has 1 saturated heterocycles. The normalized spacial score (nSPS) is 22.2. The molecule has 2 aromatic rings. The Morgan fingerprint density at radius 1 is 1.14 bits per heavy atom.